The minimum atomic E-state index is -3.50. The summed E-state index contributed by atoms with van der Waals surface area (Å²) in [4.78, 5) is 4.04. The highest BCUT2D eigenvalue weighted by molar-refractivity contribution is 7.90. The van der Waals surface area contributed by atoms with Gasteiger partial charge in [0.1, 0.15) is 0 Å². The van der Waals surface area contributed by atoms with Crippen molar-refractivity contribution in [3.63, 3.8) is 0 Å². The van der Waals surface area contributed by atoms with Gasteiger partial charge in [-0.05, 0) is 45.0 Å². The van der Waals surface area contributed by atoms with Crippen molar-refractivity contribution in [2.45, 2.75) is 26.7 Å². The van der Waals surface area contributed by atoms with E-state index in [-0.39, 0.29) is 0 Å². The summed E-state index contributed by atoms with van der Waals surface area (Å²) >= 11 is 0. The fraction of sp³-hybridized carbons (Fsp3) is 0.615. The lowest BCUT2D eigenvalue weighted by Gasteiger charge is -2.18. The van der Waals surface area contributed by atoms with Crippen molar-refractivity contribution < 1.29 is 8.42 Å². The predicted molar refractivity (Wildman–Crippen MR) is 81.9 cm³/mol. The van der Waals surface area contributed by atoms with Crippen LogP contribution in [0.1, 0.15) is 25.5 Å². The van der Waals surface area contributed by atoms with Gasteiger partial charge in [-0.2, -0.15) is 12.7 Å². The normalized spacial score (nSPS) is 11.8. The monoisotopic (exact) mass is 300 g/mol. The highest BCUT2D eigenvalue weighted by Crippen LogP contribution is 2.11. The van der Waals surface area contributed by atoms with Crippen molar-refractivity contribution in [3.05, 3.63) is 24.0 Å². The molecule has 2 N–H and O–H groups in total. The first-order valence-electron chi connectivity index (χ1n) is 6.83. The van der Waals surface area contributed by atoms with E-state index in [1.165, 1.54) is 4.31 Å². The van der Waals surface area contributed by atoms with Crippen molar-refractivity contribution in [2.75, 3.05) is 31.4 Å². The third kappa shape index (κ3) is 5.85. The molecule has 114 valence electrons. The van der Waals surface area contributed by atoms with E-state index in [9.17, 15) is 8.42 Å². The van der Waals surface area contributed by atoms with E-state index in [4.69, 9.17) is 0 Å². The van der Waals surface area contributed by atoms with E-state index < -0.39 is 10.2 Å². The summed E-state index contributed by atoms with van der Waals surface area (Å²) in [6.45, 7) is 6.19. The van der Waals surface area contributed by atoms with E-state index in [0.29, 0.717) is 12.2 Å². The maximum atomic E-state index is 12.1. The van der Waals surface area contributed by atoms with Gasteiger partial charge in [0.15, 0.2) is 0 Å². The van der Waals surface area contributed by atoms with Gasteiger partial charge in [-0.3, -0.25) is 9.71 Å². The zero-order chi connectivity index (χ0) is 15.0. The molecule has 0 aliphatic rings. The smallest absolute Gasteiger partial charge is 0.301 e. The third-order valence-corrected chi connectivity index (χ3v) is 4.30. The Bertz CT molecular complexity index is 505. The van der Waals surface area contributed by atoms with Gasteiger partial charge in [-0.15, -0.1) is 0 Å². The summed E-state index contributed by atoms with van der Waals surface area (Å²) in [6, 6.07) is 3.34. The van der Waals surface area contributed by atoms with Crippen molar-refractivity contribution >= 4 is 15.9 Å². The molecular formula is C13H24N4O2S. The van der Waals surface area contributed by atoms with Crippen LogP contribution >= 0.6 is 0 Å². The van der Waals surface area contributed by atoms with Gasteiger partial charge in [-0.1, -0.05) is 6.92 Å². The van der Waals surface area contributed by atoms with Crippen LogP contribution in [0.3, 0.4) is 0 Å². The number of rotatable bonds is 9. The zero-order valence-electron chi connectivity index (χ0n) is 12.4. The average molecular weight is 300 g/mol. The SMILES string of the molecule is CCCNCCCN(C)S(=O)(=O)Nc1ccnc(C)c1. The van der Waals surface area contributed by atoms with E-state index >= 15 is 0 Å². The molecule has 20 heavy (non-hydrogen) atoms. The van der Waals surface area contributed by atoms with Crippen LogP contribution in [-0.2, 0) is 10.2 Å². The van der Waals surface area contributed by atoms with E-state index in [2.05, 4.69) is 21.9 Å². The molecule has 1 heterocycles. The number of hydrogen-bond donors (Lipinski definition) is 2. The number of aromatic nitrogens is 1. The molecule has 7 heteroatoms. The molecule has 1 rings (SSSR count). The van der Waals surface area contributed by atoms with E-state index in [1.807, 2.05) is 6.92 Å². The van der Waals surface area contributed by atoms with Crippen LogP contribution in [0.5, 0.6) is 0 Å². The molecule has 0 saturated carbocycles. The Balaban J connectivity index is 2.47. The molecule has 0 bridgehead atoms. The summed E-state index contributed by atoms with van der Waals surface area (Å²) in [7, 11) is -1.92. The lowest BCUT2D eigenvalue weighted by atomic mass is 10.3. The van der Waals surface area contributed by atoms with Crippen LogP contribution in [0, 0.1) is 6.92 Å². The van der Waals surface area contributed by atoms with Gasteiger partial charge < -0.3 is 5.32 Å². The summed E-state index contributed by atoms with van der Waals surface area (Å²) in [6.07, 6.45) is 3.45. The van der Waals surface area contributed by atoms with Gasteiger partial charge in [0.2, 0.25) is 0 Å². The molecule has 0 saturated heterocycles. The molecule has 0 spiro atoms. The standard InChI is InChI=1S/C13H24N4O2S/c1-4-7-14-8-5-10-17(3)20(18,19)16-13-6-9-15-12(2)11-13/h6,9,11,14H,4-5,7-8,10H2,1-3H3,(H,15,16). The van der Waals surface area contributed by atoms with Gasteiger partial charge >= 0.3 is 10.2 Å². The Morgan fingerprint density at radius 2 is 2.10 bits per heavy atom. The molecule has 0 fully saturated rings. The maximum absolute atomic E-state index is 12.1. The predicted octanol–water partition coefficient (Wildman–Crippen LogP) is 1.37. The molecule has 6 nitrogen and oxygen atoms in total. The fourth-order valence-corrected chi connectivity index (χ4v) is 2.63. The molecule has 0 atom stereocenters. The summed E-state index contributed by atoms with van der Waals surface area (Å²) in [5, 5.41) is 3.25. The lowest BCUT2D eigenvalue weighted by Crippen LogP contribution is -2.34. The van der Waals surface area contributed by atoms with Crippen molar-refractivity contribution in [3.8, 4) is 0 Å². The molecule has 0 aromatic carbocycles. The van der Waals surface area contributed by atoms with Crippen molar-refractivity contribution in [2.24, 2.45) is 0 Å². The van der Waals surface area contributed by atoms with Crippen LogP contribution in [0.2, 0.25) is 0 Å². The molecule has 0 unspecified atom stereocenters. The van der Waals surface area contributed by atoms with Crippen LogP contribution in [0.25, 0.3) is 0 Å². The second kappa shape index (κ2) is 8.18. The number of nitrogens with zero attached hydrogens (tertiary/aromatic N) is 2. The molecule has 0 radical (unpaired) electrons. The quantitative estimate of drug-likeness (QED) is 0.676. The third-order valence-electron chi connectivity index (χ3n) is 2.81. The highest BCUT2D eigenvalue weighted by atomic mass is 32.2. The first-order chi connectivity index (χ1) is 9.45. The number of pyridine rings is 1. The Kier molecular flexibility index (Phi) is 6.90. The summed E-state index contributed by atoms with van der Waals surface area (Å²) < 4.78 is 28.1. The first kappa shape index (κ1) is 16.9. The van der Waals surface area contributed by atoms with Crippen molar-refractivity contribution in [1.82, 2.24) is 14.6 Å². The second-order valence-electron chi connectivity index (χ2n) is 4.72. The second-order valence-corrected chi connectivity index (χ2v) is 6.50. The topological polar surface area (TPSA) is 74.3 Å². The minimum absolute atomic E-state index is 0.482. The first-order valence-corrected chi connectivity index (χ1v) is 8.27. The number of aryl methyl sites for hydroxylation is 1. The van der Waals surface area contributed by atoms with E-state index in [0.717, 1.165) is 31.6 Å². The minimum Gasteiger partial charge on any atom is -0.317 e. The van der Waals surface area contributed by atoms with Crippen LogP contribution in [-0.4, -0.2) is 44.4 Å². The van der Waals surface area contributed by atoms with E-state index in [1.54, 1.807) is 25.4 Å². The highest BCUT2D eigenvalue weighted by Gasteiger charge is 2.16. The van der Waals surface area contributed by atoms with Gasteiger partial charge in [0, 0.05) is 25.5 Å². The number of anilines is 1. The largest absolute Gasteiger partial charge is 0.317 e. The molecule has 1 aromatic rings. The molecule has 0 aliphatic carbocycles. The summed E-state index contributed by atoms with van der Waals surface area (Å²) in [5.74, 6) is 0. The number of hydrogen-bond acceptors (Lipinski definition) is 4. The molecular weight excluding hydrogens is 276 g/mol. The Labute approximate surface area is 121 Å². The van der Waals surface area contributed by atoms with Crippen LogP contribution in [0.4, 0.5) is 5.69 Å². The lowest BCUT2D eigenvalue weighted by molar-refractivity contribution is 0.458. The molecule has 0 amide bonds. The van der Waals surface area contributed by atoms with Gasteiger partial charge in [0.05, 0.1) is 5.69 Å². The number of nitrogens with one attached hydrogen (secondary N) is 2. The Morgan fingerprint density at radius 3 is 2.75 bits per heavy atom. The van der Waals surface area contributed by atoms with Crippen LogP contribution in [0.15, 0.2) is 18.3 Å². The molecule has 1 aromatic heterocycles. The van der Waals surface area contributed by atoms with Gasteiger partial charge in [-0.25, -0.2) is 0 Å². The molecule has 0 aliphatic heterocycles. The van der Waals surface area contributed by atoms with Crippen molar-refractivity contribution in [1.29, 1.82) is 0 Å². The Morgan fingerprint density at radius 1 is 1.35 bits per heavy atom. The van der Waals surface area contributed by atoms with Crippen LogP contribution < -0.4 is 10.0 Å². The average Bonchev–Trinajstić information content (AvgIpc) is 2.37. The summed E-state index contributed by atoms with van der Waals surface area (Å²) in [5.41, 5.74) is 1.31. The zero-order valence-corrected chi connectivity index (χ0v) is 13.2. The van der Waals surface area contributed by atoms with Gasteiger partial charge in [0.25, 0.3) is 0 Å². The fourth-order valence-electron chi connectivity index (χ4n) is 1.68. The maximum Gasteiger partial charge on any atom is 0.301 e. The Hall–Kier alpha value is -1.18.